The summed E-state index contributed by atoms with van der Waals surface area (Å²) in [5, 5.41) is 3.14. The normalized spacial score (nSPS) is 20.5. The molecule has 0 spiro atoms. The van der Waals surface area contributed by atoms with E-state index < -0.39 is 0 Å². The molecule has 1 aromatic heterocycles. The van der Waals surface area contributed by atoms with Gasteiger partial charge in [0.15, 0.2) is 0 Å². The van der Waals surface area contributed by atoms with E-state index in [1.54, 1.807) is 18.0 Å². The number of amides is 2. The third kappa shape index (κ3) is 4.12. The largest absolute Gasteiger partial charge is 0.467 e. The fourth-order valence-corrected chi connectivity index (χ4v) is 5.60. The van der Waals surface area contributed by atoms with E-state index in [-0.39, 0.29) is 23.2 Å². The van der Waals surface area contributed by atoms with Gasteiger partial charge in [-0.15, -0.1) is 11.8 Å². The number of hydrogen-bond acceptors (Lipinski definition) is 4. The summed E-state index contributed by atoms with van der Waals surface area (Å²) in [6.45, 7) is 0.451. The van der Waals surface area contributed by atoms with Crippen LogP contribution in [0.2, 0.25) is 0 Å². The highest BCUT2D eigenvalue weighted by Gasteiger charge is 2.33. The summed E-state index contributed by atoms with van der Waals surface area (Å²) < 4.78 is 5.42. The highest BCUT2D eigenvalue weighted by molar-refractivity contribution is 8.00. The predicted molar refractivity (Wildman–Crippen MR) is 120 cm³/mol. The van der Waals surface area contributed by atoms with Crippen molar-refractivity contribution in [3.05, 3.63) is 94.9 Å². The topological polar surface area (TPSA) is 62.6 Å². The summed E-state index contributed by atoms with van der Waals surface area (Å²) in [4.78, 5) is 27.1. The molecule has 0 unspecified atom stereocenters. The average Bonchev–Trinajstić information content (AvgIpc) is 3.45. The molecule has 0 saturated carbocycles. The van der Waals surface area contributed by atoms with Crippen molar-refractivity contribution in [3.63, 3.8) is 0 Å². The van der Waals surface area contributed by atoms with Gasteiger partial charge >= 0.3 is 0 Å². The van der Waals surface area contributed by atoms with Crippen LogP contribution in [-0.2, 0) is 17.8 Å². The maximum absolute atomic E-state index is 12.9. The van der Waals surface area contributed by atoms with Crippen LogP contribution < -0.4 is 5.32 Å². The molecule has 5 nitrogen and oxygen atoms in total. The summed E-state index contributed by atoms with van der Waals surface area (Å²) in [5.41, 5.74) is 4.21. The first kappa shape index (κ1) is 19.9. The van der Waals surface area contributed by atoms with Gasteiger partial charge in [0.25, 0.3) is 5.91 Å². The second-order valence-electron chi connectivity index (χ2n) is 8.00. The molecule has 1 saturated heterocycles. The number of nitrogens with one attached hydrogen (secondary N) is 1. The monoisotopic (exact) mass is 432 g/mol. The Labute approximate surface area is 185 Å². The Morgan fingerprint density at radius 2 is 1.94 bits per heavy atom. The summed E-state index contributed by atoms with van der Waals surface area (Å²) in [5.74, 6) is 1.26. The number of fused-ring (bicyclic) bond motifs is 1. The van der Waals surface area contributed by atoms with Gasteiger partial charge in [0, 0.05) is 5.56 Å². The van der Waals surface area contributed by atoms with Gasteiger partial charge in [-0.3, -0.25) is 9.59 Å². The second kappa shape index (κ2) is 8.63. The average molecular weight is 433 g/mol. The first-order chi connectivity index (χ1) is 15.2. The van der Waals surface area contributed by atoms with Gasteiger partial charge in [-0.1, -0.05) is 36.4 Å². The minimum atomic E-state index is -0.0695. The minimum absolute atomic E-state index is 0.0592. The standard InChI is InChI=1S/C25H24N2O3S/c28-23-16-31-25(27(23)15-20-7-4-14-30-20)19-12-10-18(11-13-19)24(29)26-22-9-3-6-17-5-1-2-8-21(17)22/h1-2,4-5,7-8,10-14,22,25H,3,6,9,15-16H2,(H,26,29)/t22-,25+/m0/s1. The van der Waals surface area contributed by atoms with Crippen molar-refractivity contribution >= 4 is 23.6 Å². The van der Waals surface area contributed by atoms with E-state index in [9.17, 15) is 9.59 Å². The molecule has 1 aliphatic carbocycles. The number of aryl methyl sites for hydroxylation is 1. The lowest BCUT2D eigenvalue weighted by Gasteiger charge is -2.26. The van der Waals surface area contributed by atoms with Crippen molar-refractivity contribution in [2.75, 3.05) is 5.75 Å². The van der Waals surface area contributed by atoms with Crippen LogP contribution in [0.25, 0.3) is 0 Å². The molecule has 3 aromatic rings. The van der Waals surface area contributed by atoms with Gasteiger partial charge in [0.2, 0.25) is 5.91 Å². The molecule has 1 aliphatic heterocycles. The zero-order valence-corrected chi connectivity index (χ0v) is 17.9. The lowest BCUT2D eigenvalue weighted by atomic mass is 9.87. The van der Waals surface area contributed by atoms with E-state index in [0.717, 1.165) is 30.6 Å². The Morgan fingerprint density at radius 3 is 2.74 bits per heavy atom. The molecule has 31 heavy (non-hydrogen) atoms. The van der Waals surface area contributed by atoms with Crippen molar-refractivity contribution in [3.8, 4) is 0 Å². The Hall–Kier alpha value is -2.99. The highest BCUT2D eigenvalue weighted by atomic mass is 32.2. The van der Waals surface area contributed by atoms with E-state index in [1.807, 2.05) is 47.4 Å². The number of carbonyl (C=O) groups is 2. The minimum Gasteiger partial charge on any atom is -0.467 e. The van der Waals surface area contributed by atoms with Crippen LogP contribution in [0.3, 0.4) is 0 Å². The molecule has 2 heterocycles. The van der Waals surface area contributed by atoms with Crippen LogP contribution in [0.1, 0.15) is 57.1 Å². The number of rotatable bonds is 5. The zero-order valence-electron chi connectivity index (χ0n) is 17.1. The number of carbonyl (C=O) groups excluding carboxylic acids is 2. The molecule has 1 N–H and O–H groups in total. The third-order valence-electron chi connectivity index (χ3n) is 6.01. The number of nitrogens with zero attached hydrogens (tertiary/aromatic N) is 1. The van der Waals surface area contributed by atoms with Crippen LogP contribution in [-0.4, -0.2) is 22.5 Å². The van der Waals surface area contributed by atoms with Crippen LogP contribution in [0.4, 0.5) is 0 Å². The molecule has 6 heteroatoms. The second-order valence-corrected chi connectivity index (χ2v) is 9.07. The quantitative estimate of drug-likeness (QED) is 0.625. The number of furan rings is 1. The van der Waals surface area contributed by atoms with Gasteiger partial charge in [0.1, 0.15) is 11.1 Å². The van der Waals surface area contributed by atoms with E-state index in [4.69, 9.17) is 4.42 Å². The van der Waals surface area contributed by atoms with Crippen molar-refractivity contribution in [2.24, 2.45) is 0 Å². The van der Waals surface area contributed by atoms with Gasteiger partial charge in [-0.2, -0.15) is 0 Å². The van der Waals surface area contributed by atoms with E-state index in [2.05, 4.69) is 23.5 Å². The lowest BCUT2D eigenvalue weighted by molar-refractivity contribution is -0.128. The SMILES string of the molecule is O=C(N[C@H]1CCCc2ccccc21)c1ccc([C@H]2SCC(=O)N2Cc2ccco2)cc1. The van der Waals surface area contributed by atoms with E-state index in [0.29, 0.717) is 17.9 Å². The Balaban J connectivity index is 1.29. The number of hydrogen-bond donors (Lipinski definition) is 1. The highest BCUT2D eigenvalue weighted by Crippen LogP contribution is 2.39. The van der Waals surface area contributed by atoms with Gasteiger partial charge in [0.05, 0.1) is 24.6 Å². The summed E-state index contributed by atoms with van der Waals surface area (Å²) in [6.07, 6.45) is 4.74. The summed E-state index contributed by atoms with van der Waals surface area (Å²) in [6, 6.07) is 19.7. The molecule has 5 rings (SSSR count). The van der Waals surface area contributed by atoms with Crippen molar-refractivity contribution in [1.82, 2.24) is 10.2 Å². The number of thioether (sulfide) groups is 1. The lowest BCUT2D eigenvalue weighted by Crippen LogP contribution is -2.31. The van der Waals surface area contributed by atoms with E-state index >= 15 is 0 Å². The van der Waals surface area contributed by atoms with Gasteiger partial charge in [-0.25, -0.2) is 0 Å². The maximum atomic E-state index is 12.9. The fraction of sp³-hybridized carbons (Fsp3) is 0.280. The number of benzene rings is 2. The Kier molecular flexibility index (Phi) is 5.55. The first-order valence-corrected chi connectivity index (χ1v) is 11.7. The smallest absolute Gasteiger partial charge is 0.251 e. The van der Waals surface area contributed by atoms with Gasteiger partial charge in [-0.05, 0) is 60.2 Å². The van der Waals surface area contributed by atoms with Crippen LogP contribution in [0, 0.1) is 0 Å². The molecule has 2 amide bonds. The van der Waals surface area contributed by atoms with E-state index in [1.165, 1.54) is 11.1 Å². The molecule has 2 aromatic carbocycles. The van der Waals surface area contributed by atoms with Crippen molar-refractivity contribution in [2.45, 2.75) is 37.2 Å². The van der Waals surface area contributed by atoms with Crippen LogP contribution >= 0.6 is 11.8 Å². The molecule has 2 atom stereocenters. The molecule has 0 radical (unpaired) electrons. The first-order valence-electron chi connectivity index (χ1n) is 10.6. The molecule has 2 aliphatic rings. The Morgan fingerprint density at radius 1 is 1.10 bits per heavy atom. The summed E-state index contributed by atoms with van der Waals surface area (Å²) in [7, 11) is 0. The molecular weight excluding hydrogens is 408 g/mol. The maximum Gasteiger partial charge on any atom is 0.251 e. The van der Waals surface area contributed by atoms with Crippen molar-refractivity contribution in [1.29, 1.82) is 0 Å². The fourth-order valence-electron chi connectivity index (χ4n) is 4.42. The third-order valence-corrected chi connectivity index (χ3v) is 7.26. The molecular formula is C25H24N2O3S. The molecule has 1 fully saturated rings. The van der Waals surface area contributed by atoms with Crippen LogP contribution in [0.15, 0.2) is 71.3 Å². The van der Waals surface area contributed by atoms with Gasteiger partial charge < -0.3 is 14.6 Å². The van der Waals surface area contributed by atoms with Crippen molar-refractivity contribution < 1.29 is 14.0 Å². The van der Waals surface area contributed by atoms with Crippen LogP contribution in [0.5, 0.6) is 0 Å². The molecule has 0 bridgehead atoms. The molecule has 158 valence electrons. The summed E-state index contributed by atoms with van der Waals surface area (Å²) >= 11 is 1.60. The zero-order chi connectivity index (χ0) is 21.2. The predicted octanol–water partition coefficient (Wildman–Crippen LogP) is 4.86. The Bertz CT molecular complexity index is 1080.